The van der Waals surface area contributed by atoms with E-state index in [0.717, 1.165) is 12.8 Å². The second-order valence-electron chi connectivity index (χ2n) is 9.68. The number of amides is 1. The average molecular weight is 445 g/mol. The summed E-state index contributed by atoms with van der Waals surface area (Å²) in [5.74, 6) is 0.174. The van der Waals surface area contributed by atoms with Crippen molar-refractivity contribution in [2.45, 2.75) is 85.2 Å². The van der Waals surface area contributed by atoms with Crippen LogP contribution in [-0.4, -0.2) is 42.3 Å². The Morgan fingerprint density at radius 1 is 1.12 bits per heavy atom. The van der Waals surface area contributed by atoms with Gasteiger partial charge in [-0.25, -0.2) is 4.79 Å². The number of esters is 1. The standard InChI is InChI=1S/C22H32N2O2.C4H8O2/c1-16(2)18-7-9-19(10-8-18)22(17(3)15-23)11-13-24(14-12-22)20(25)26-21(4,5)6;1-3-6-4(2)5/h7-10,16-17H,11-14H2,1-6H3;3H2,1-2H3. The van der Waals surface area contributed by atoms with Gasteiger partial charge in [0.1, 0.15) is 5.60 Å². The van der Waals surface area contributed by atoms with E-state index in [-0.39, 0.29) is 23.4 Å². The number of nitrogens with zero attached hydrogens (tertiary/aromatic N) is 2. The number of carbonyl (C=O) groups excluding carboxylic acids is 2. The van der Waals surface area contributed by atoms with Crippen molar-refractivity contribution in [2.24, 2.45) is 5.92 Å². The van der Waals surface area contributed by atoms with Crippen molar-refractivity contribution < 1.29 is 19.1 Å². The van der Waals surface area contributed by atoms with E-state index in [4.69, 9.17) is 4.74 Å². The molecule has 0 radical (unpaired) electrons. The first-order valence-corrected chi connectivity index (χ1v) is 11.5. The molecule has 1 aromatic carbocycles. The minimum absolute atomic E-state index is 0.104. The van der Waals surface area contributed by atoms with E-state index in [1.54, 1.807) is 11.8 Å². The van der Waals surface area contributed by atoms with E-state index in [1.807, 2.05) is 27.7 Å². The van der Waals surface area contributed by atoms with E-state index in [0.29, 0.717) is 25.6 Å². The summed E-state index contributed by atoms with van der Waals surface area (Å²) >= 11 is 0. The van der Waals surface area contributed by atoms with Gasteiger partial charge in [-0.1, -0.05) is 38.1 Å². The lowest BCUT2D eigenvalue weighted by Crippen LogP contribution is -2.49. The fraction of sp³-hybridized carbons (Fsp3) is 0.654. The maximum atomic E-state index is 12.4. The molecule has 32 heavy (non-hydrogen) atoms. The Morgan fingerprint density at radius 3 is 2.00 bits per heavy atom. The minimum Gasteiger partial charge on any atom is -0.466 e. The molecule has 0 aromatic heterocycles. The van der Waals surface area contributed by atoms with Crippen molar-refractivity contribution in [1.82, 2.24) is 4.90 Å². The summed E-state index contributed by atoms with van der Waals surface area (Å²) in [6.07, 6.45) is 1.30. The van der Waals surface area contributed by atoms with Crippen LogP contribution in [0.3, 0.4) is 0 Å². The lowest BCUT2D eigenvalue weighted by atomic mass is 9.65. The molecule has 1 unspecified atom stereocenters. The first kappa shape index (κ1) is 27.5. The maximum absolute atomic E-state index is 12.4. The first-order valence-electron chi connectivity index (χ1n) is 11.5. The van der Waals surface area contributed by atoms with Gasteiger partial charge in [-0.15, -0.1) is 0 Å². The third-order valence-electron chi connectivity index (χ3n) is 5.83. The van der Waals surface area contributed by atoms with Gasteiger partial charge in [0.2, 0.25) is 0 Å². The van der Waals surface area contributed by atoms with E-state index in [2.05, 4.69) is 48.9 Å². The fourth-order valence-corrected chi connectivity index (χ4v) is 3.91. The molecule has 0 bridgehead atoms. The van der Waals surface area contributed by atoms with Gasteiger partial charge in [-0.3, -0.25) is 4.79 Å². The van der Waals surface area contributed by atoms with Crippen LogP contribution < -0.4 is 0 Å². The first-order chi connectivity index (χ1) is 14.9. The van der Waals surface area contributed by atoms with Crippen molar-refractivity contribution in [1.29, 1.82) is 5.26 Å². The molecule has 6 heteroatoms. The Kier molecular flexibility index (Phi) is 10.2. The smallest absolute Gasteiger partial charge is 0.410 e. The maximum Gasteiger partial charge on any atom is 0.410 e. The second kappa shape index (κ2) is 11.9. The Bertz CT molecular complexity index is 780. The highest BCUT2D eigenvalue weighted by molar-refractivity contribution is 5.68. The Hall–Kier alpha value is -2.55. The van der Waals surface area contributed by atoms with E-state index in [1.165, 1.54) is 18.1 Å². The van der Waals surface area contributed by atoms with Gasteiger partial charge in [-0.05, 0) is 64.5 Å². The zero-order chi connectivity index (χ0) is 24.5. The highest BCUT2D eigenvalue weighted by atomic mass is 16.6. The Morgan fingerprint density at radius 2 is 1.66 bits per heavy atom. The van der Waals surface area contributed by atoms with Crippen molar-refractivity contribution in [3.8, 4) is 6.07 Å². The number of nitriles is 1. The molecule has 1 heterocycles. The molecule has 1 aliphatic heterocycles. The second-order valence-corrected chi connectivity index (χ2v) is 9.68. The van der Waals surface area contributed by atoms with Crippen molar-refractivity contribution >= 4 is 12.1 Å². The van der Waals surface area contributed by atoms with E-state index >= 15 is 0 Å². The van der Waals surface area contributed by atoms with Crippen LogP contribution in [0, 0.1) is 17.2 Å². The van der Waals surface area contributed by atoms with E-state index < -0.39 is 5.60 Å². The topological polar surface area (TPSA) is 79.6 Å². The van der Waals surface area contributed by atoms with Crippen LogP contribution in [0.5, 0.6) is 0 Å². The lowest BCUT2D eigenvalue weighted by molar-refractivity contribution is -0.140. The highest BCUT2D eigenvalue weighted by Crippen LogP contribution is 2.42. The number of likely N-dealkylation sites (tertiary alicyclic amines) is 1. The molecule has 0 saturated carbocycles. The van der Waals surface area contributed by atoms with Gasteiger partial charge in [0.15, 0.2) is 0 Å². The summed E-state index contributed by atoms with van der Waals surface area (Å²) in [7, 11) is 0. The number of carbonyl (C=O) groups is 2. The molecule has 1 saturated heterocycles. The summed E-state index contributed by atoms with van der Waals surface area (Å²) in [6.45, 7) is 16.9. The van der Waals surface area contributed by atoms with Crippen LogP contribution in [0.1, 0.15) is 85.3 Å². The van der Waals surface area contributed by atoms with Crippen LogP contribution in [-0.2, 0) is 19.7 Å². The molecule has 0 aliphatic carbocycles. The molecule has 178 valence electrons. The molecule has 1 fully saturated rings. The molecule has 0 N–H and O–H groups in total. The van der Waals surface area contributed by atoms with Gasteiger partial charge in [0, 0.05) is 25.4 Å². The number of hydrogen-bond donors (Lipinski definition) is 0. The quantitative estimate of drug-likeness (QED) is 0.548. The SMILES string of the molecule is CC(C)c1ccc(C2(C(C)C#N)CCN(C(=O)OC(C)(C)C)CC2)cc1.CCOC(C)=O. The summed E-state index contributed by atoms with van der Waals surface area (Å²) in [4.78, 5) is 24.0. The fourth-order valence-electron chi connectivity index (χ4n) is 3.91. The third kappa shape index (κ3) is 7.85. The van der Waals surface area contributed by atoms with Gasteiger partial charge in [-0.2, -0.15) is 5.26 Å². The van der Waals surface area contributed by atoms with Gasteiger partial charge >= 0.3 is 12.1 Å². The zero-order valence-corrected chi connectivity index (χ0v) is 21.0. The number of ether oxygens (including phenoxy) is 2. The zero-order valence-electron chi connectivity index (χ0n) is 21.0. The van der Waals surface area contributed by atoms with Crippen LogP contribution in [0.25, 0.3) is 0 Å². The molecular weight excluding hydrogens is 404 g/mol. The Labute approximate surface area is 193 Å². The van der Waals surface area contributed by atoms with Gasteiger partial charge in [0.05, 0.1) is 18.6 Å². The highest BCUT2D eigenvalue weighted by Gasteiger charge is 2.42. The third-order valence-corrected chi connectivity index (χ3v) is 5.83. The molecule has 1 amide bonds. The Balaban J connectivity index is 0.000000751. The minimum atomic E-state index is -0.488. The number of benzene rings is 1. The normalized spacial score (nSPS) is 16.3. The molecule has 6 nitrogen and oxygen atoms in total. The molecule has 1 atom stereocenters. The molecule has 2 rings (SSSR count). The van der Waals surface area contributed by atoms with Crippen LogP contribution in [0.2, 0.25) is 0 Å². The molecule has 1 aliphatic rings. The predicted molar refractivity (Wildman–Crippen MR) is 126 cm³/mol. The number of rotatable bonds is 4. The van der Waals surface area contributed by atoms with E-state index in [9.17, 15) is 14.9 Å². The number of hydrogen-bond acceptors (Lipinski definition) is 5. The lowest BCUT2D eigenvalue weighted by Gasteiger charge is -2.44. The monoisotopic (exact) mass is 444 g/mol. The molecular formula is C26H40N2O4. The van der Waals surface area contributed by atoms with Crippen LogP contribution >= 0.6 is 0 Å². The van der Waals surface area contributed by atoms with Gasteiger partial charge < -0.3 is 14.4 Å². The molecule has 1 aromatic rings. The summed E-state index contributed by atoms with van der Waals surface area (Å²) in [5, 5.41) is 9.63. The molecule has 0 spiro atoms. The largest absolute Gasteiger partial charge is 0.466 e. The summed E-state index contributed by atoms with van der Waals surface area (Å²) in [5.41, 5.74) is 1.82. The average Bonchev–Trinajstić information content (AvgIpc) is 2.72. The number of piperidine rings is 1. The van der Waals surface area contributed by atoms with Crippen molar-refractivity contribution in [3.05, 3.63) is 35.4 Å². The van der Waals surface area contributed by atoms with Gasteiger partial charge in [0.25, 0.3) is 0 Å². The van der Waals surface area contributed by atoms with Crippen molar-refractivity contribution in [3.63, 3.8) is 0 Å². The van der Waals surface area contributed by atoms with Crippen LogP contribution in [0.15, 0.2) is 24.3 Å². The van der Waals surface area contributed by atoms with Crippen LogP contribution in [0.4, 0.5) is 4.79 Å². The summed E-state index contributed by atoms with van der Waals surface area (Å²) in [6, 6.07) is 11.2. The predicted octanol–water partition coefficient (Wildman–Crippen LogP) is 5.81. The summed E-state index contributed by atoms with van der Waals surface area (Å²) < 4.78 is 9.90. The van der Waals surface area contributed by atoms with Crippen molar-refractivity contribution in [2.75, 3.05) is 19.7 Å².